The molecule has 0 amide bonds. The average Bonchev–Trinajstić information content (AvgIpc) is 1.89. The lowest BCUT2D eigenvalue weighted by atomic mass is 10.2. The Morgan fingerprint density at radius 1 is 1.78 bits per heavy atom. The molecule has 43 valence electrons. The highest BCUT2D eigenvalue weighted by molar-refractivity contribution is 5.32. The van der Waals surface area contributed by atoms with Crippen molar-refractivity contribution in [3.63, 3.8) is 0 Å². The second-order valence-corrected chi connectivity index (χ2v) is 1.74. The van der Waals surface area contributed by atoms with Gasteiger partial charge in [-0.05, 0) is 18.6 Å². The molecule has 1 aromatic rings. The van der Waals surface area contributed by atoms with Crippen LogP contribution in [0.2, 0.25) is 0 Å². The highest BCUT2D eigenvalue weighted by Gasteiger charge is 1.91. The highest BCUT2D eigenvalue weighted by Crippen LogP contribution is 2.00. The topological polar surface area (TPSA) is 36.7 Å². The quantitative estimate of drug-likeness (QED) is 0.509. The lowest BCUT2D eigenvalue weighted by Gasteiger charge is -1.89. The molecule has 0 N–H and O–H groups in total. The van der Waals surface area contributed by atoms with E-state index in [0.29, 0.717) is 5.56 Å². The zero-order valence-corrected chi connectivity index (χ0v) is 5.05. The molecule has 0 saturated heterocycles. The van der Waals surface area contributed by atoms with Crippen molar-refractivity contribution in [2.75, 3.05) is 0 Å². The van der Waals surface area contributed by atoms with Crippen molar-refractivity contribution < 1.29 is 0 Å². The van der Waals surface area contributed by atoms with Crippen LogP contribution in [-0.4, -0.2) is 4.98 Å². The number of aromatic nitrogens is 1. The first-order chi connectivity index (χ1) is 4.34. The molecule has 9 heavy (non-hydrogen) atoms. The molecule has 0 aliphatic heterocycles. The van der Waals surface area contributed by atoms with E-state index in [0.717, 1.165) is 5.56 Å². The predicted octanol–water partition coefficient (Wildman–Crippen LogP) is 1.06. The molecule has 1 aromatic heterocycles. The summed E-state index contributed by atoms with van der Waals surface area (Å²) in [6.45, 7) is 1.86. The van der Waals surface area contributed by atoms with E-state index in [-0.39, 0.29) is 0 Å². The molecule has 2 nitrogen and oxygen atoms in total. The summed E-state index contributed by atoms with van der Waals surface area (Å²) in [5.74, 6) is 0. The van der Waals surface area contributed by atoms with Crippen LogP contribution in [0.4, 0.5) is 0 Å². The molecule has 0 aliphatic carbocycles. The third-order valence-corrected chi connectivity index (χ3v) is 1.09. The zero-order valence-electron chi connectivity index (χ0n) is 5.05. The van der Waals surface area contributed by atoms with Gasteiger partial charge in [0.25, 0.3) is 0 Å². The number of nitriles is 1. The van der Waals surface area contributed by atoms with Crippen molar-refractivity contribution in [2.45, 2.75) is 6.92 Å². The van der Waals surface area contributed by atoms with Gasteiger partial charge >= 0.3 is 0 Å². The molecule has 0 saturated carbocycles. The van der Waals surface area contributed by atoms with Crippen molar-refractivity contribution in [1.82, 2.24) is 4.98 Å². The van der Waals surface area contributed by atoms with E-state index >= 15 is 0 Å². The van der Waals surface area contributed by atoms with Crippen LogP contribution in [0, 0.1) is 24.5 Å². The van der Waals surface area contributed by atoms with Crippen LogP contribution < -0.4 is 0 Å². The van der Waals surface area contributed by atoms with E-state index in [1.165, 1.54) is 6.20 Å². The van der Waals surface area contributed by atoms with Gasteiger partial charge < -0.3 is 0 Å². The summed E-state index contributed by atoms with van der Waals surface area (Å²) in [5, 5.41) is 8.41. The first-order valence-electron chi connectivity index (χ1n) is 2.57. The third kappa shape index (κ3) is 1.06. The van der Waals surface area contributed by atoms with Crippen LogP contribution in [0.5, 0.6) is 0 Å². The van der Waals surface area contributed by atoms with Gasteiger partial charge in [0.05, 0.1) is 11.8 Å². The molecule has 1 heterocycles. The van der Waals surface area contributed by atoms with Crippen LogP contribution in [-0.2, 0) is 0 Å². The normalized spacial score (nSPS) is 8.44. The fourth-order valence-electron chi connectivity index (χ4n) is 0.533. The minimum Gasteiger partial charge on any atom is -0.253 e. The first-order valence-corrected chi connectivity index (χ1v) is 2.57. The summed E-state index contributed by atoms with van der Waals surface area (Å²) >= 11 is 0. The standard InChI is InChI=1S/C7H5N2/c1-6-2-3-9-5-7(6)4-8/h2,5H,1H3. The zero-order chi connectivity index (χ0) is 6.69. The Labute approximate surface area is 53.8 Å². The van der Waals surface area contributed by atoms with Gasteiger partial charge in [-0.1, -0.05) is 0 Å². The molecule has 0 atom stereocenters. The molecule has 1 rings (SSSR count). The molecule has 0 aliphatic rings. The smallest absolute Gasteiger partial charge is 0.101 e. The van der Waals surface area contributed by atoms with Crippen molar-refractivity contribution in [3.8, 4) is 6.07 Å². The minimum absolute atomic E-state index is 0.619. The van der Waals surface area contributed by atoms with Gasteiger partial charge in [-0.25, -0.2) is 0 Å². The molecular weight excluding hydrogens is 112 g/mol. The molecular formula is C7H5N2. The summed E-state index contributed by atoms with van der Waals surface area (Å²) in [6, 6.07) is 3.71. The van der Waals surface area contributed by atoms with Gasteiger partial charge in [-0.3, -0.25) is 4.98 Å². The monoisotopic (exact) mass is 117 g/mol. The third-order valence-electron chi connectivity index (χ3n) is 1.09. The fourth-order valence-corrected chi connectivity index (χ4v) is 0.533. The lowest BCUT2D eigenvalue weighted by molar-refractivity contribution is 1.24. The molecule has 0 bridgehead atoms. The summed E-state index contributed by atoms with van der Waals surface area (Å²) < 4.78 is 0. The lowest BCUT2D eigenvalue weighted by Crippen LogP contribution is -1.81. The van der Waals surface area contributed by atoms with Gasteiger partial charge in [0, 0.05) is 6.20 Å². The fraction of sp³-hybridized carbons (Fsp3) is 0.143. The van der Waals surface area contributed by atoms with Crippen LogP contribution in [0.25, 0.3) is 0 Å². The number of pyridine rings is 1. The van der Waals surface area contributed by atoms with Crippen molar-refractivity contribution >= 4 is 0 Å². The Kier molecular flexibility index (Phi) is 1.46. The van der Waals surface area contributed by atoms with Crippen LogP contribution in [0.15, 0.2) is 12.3 Å². The highest BCUT2D eigenvalue weighted by atomic mass is 14.6. The van der Waals surface area contributed by atoms with E-state index in [9.17, 15) is 0 Å². The largest absolute Gasteiger partial charge is 0.253 e. The molecule has 2 heteroatoms. The van der Waals surface area contributed by atoms with E-state index < -0.39 is 0 Å². The minimum atomic E-state index is 0.619. The number of hydrogen-bond donors (Lipinski definition) is 0. The number of hydrogen-bond acceptors (Lipinski definition) is 2. The van der Waals surface area contributed by atoms with E-state index in [1.54, 1.807) is 6.07 Å². The maximum Gasteiger partial charge on any atom is 0.101 e. The van der Waals surface area contributed by atoms with E-state index in [4.69, 9.17) is 5.26 Å². The van der Waals surface area contributed by atoms with Gasteiger partial charge in [0.2, 0.25) is 0 Å². The van der Waals surface area contributed by atoms with Gasteiger partial charge in [0.15, 0.2) is 0 Å². The molecule has 1 radical (unpaired) electrons. The molecule has 0 unspecified atom stereocenters. The van der Waals surface area contributed by atoms with Crippen molar-refractivity contribution in [3.05, 3.63) is 29.6 Å². The van der Waals surface area contributed by atoms with E-state index in [1.807, 2.05) is 13.0 Å². The van der Waals surface area contributed by atoms with Gasteiger partial charge in [0.1, 0.15) is 6.07 Å². The summed E-state index contributed by atoms with van der Waals surface area (Å²) in [4.78, 5) is 3.67. The molecule has 0 fully saturated rings. The maximum atomic E-state index is 8.41. The second-order valence-electron chi connectivity index (χ2n) is 1.74. The van der Waals surface area contributed by atoms with E-state index in [2.05, 4.69) is 11.2 Å². The number of aryl methyl sites for hydroxylation is 1. The molecule has 0 spiro atoms. The van der Waals surface area contributed by atoms with Gasteiger partial charge in [-0.15, -0.1) is 0 Å². The van der Waals surface area contributed by atoms with Crippen LogP contribution in [0.3, 0.4) is 0 Å². The Hall–Kier alpha value is -1.36. The Morgan fingerprint density at radius 3 is 3.00 bits per heavy atom. The Morgan fingerprint density at radius 2 is 2.56 bits per heavy atom. The van der Waals surface area contributed by atoms with Crippen molar-refractivity contribution in [1.29, 1.82) is 5.26 Å². The summed E-state index contributed by atoms with van der Waals surface area (Å²) in [5.41, 5.74) is 1.54. The SMILES string of the molecule is Cc1c[c]ncc1C#N. The Bertz CT molecular complexity index is 247. The second kappa shape index (κ2) is 2.27. The molecule has 0 aromatic carbocycles. The Balaban J connectivity index is 3.20. The number of nitrogens with zero attached hydrogens (tertiary/aromatic N) is 2. The van der Waals surface area contributed by atoms with Crippen molar-refractivity contribution in [2.24, 2.45) is 0 Å². The van der Waals surface area contributed by atoms with Crippen LogP contribution >= 0.6 is 0 Å². The predicted molar refractivity (Wildman–Crippen MR) is 32.5 cm³/mol. The number of rotatable bonds is 0. The first kappa shape index (κ1) is 5.77. The average molecular weight is 117 g/mol. The summed E-state index contributed by atoms with van der Waals surface area (Å²) in [7, 11) is 0. The van der Waals surface area contributed by atoms with Gasteiger partial charge in [-0.2, -0.15) is 5.26 Å². The maximum absolute atomic E-state index is 8.41. The van der Waals surface area contributed by atoms with Crippen LogP contribution in [0.1, 0.15) is 11.1 Å². The summed E-state index contributed by atoms with van der Waals surface area (Å²) in [6.07, 6.45) is 4.14.